The highest BCUT2D eigenvalue weighted by atomic mass is 79.9. The van der Waals surface area contributed by atoms with Crippen molar-refractivity contribution in [2.24, 2.45) is 0 Å². The zero-order valence-electron chi connectivity index (χ0n) is 11.3. The van der Waals surface area contributed by atoms with Crippen molar-refractivity contribution < 1.29 is 9.53 Å². The monoisotopic (exact) mass is 341 g/mol. The fourth-order valence-electron chi connectivity index (χ4n) is 1.76. The van der Waals surface area contributed by atoms with Crippen molar-refractivity contribution in [2.45, 2.75) is 0 Å². The molecule has 0 amide bonds. The molecule has 2 aromatic rings. The number of carbonyl (C=O) groups excluding carboxylic acids is 1. The van der Waals surface area contributed by atoms with E-state index in [2.05, 4.69) is 15.9 Å². The second-order valence-electron chi connectivity index (χ2n) is 4.28. The van der Waals surface area contributed by atoms with Gasteiger partial charge in [0, 0.05) is 5.56 Å². The van der Waals surface area contributed by atoms with E-state index in [4.69, 9.17) is 10.00 Å². The van der Waals surface area contributed by atoms with Gasteiger partial charge in [-0.1, -0.05) is 12.1 Å². The van der Waals surface area contributed by atoms with E-state index in [1.54, 1.807) is 37.5 Å². The average molecular weight is 342 g/mol. The predicted molar refractivity (Wildman–Crippen MR) is 85.2 cm³/mol. The quantitative estimate of drug-likeness (QED) is 0.617. The van der Waals surface area contributed by atoms with E-state index in [9.17, 15) is 4.79 Å². The van der Waals surface area contributed by atoms with Crippen LogP contribution in [0.3, 0.4) is 0 Å². The van der Waals surface area contributed by atoms with Crippen LogP contribution in [0.4, 0.5) is 0 Å². The molecule has 0 aliphatic carbocycles. The van der Waals surface area contributed by atoms with E-state index in [1.807, 2.05) is 24.3 Å². The first-order valence-corrected chi connectivity index (χ1v) is 6.99. The highest BCUT2D eigenvalue weighted by Crippen LogP contribution is 2.26. The topological polar surface area (TPSA) is 50.1 Å². The first-order valence-electron chi connectivity index (χ1n) is 6.20. The number of rotatable bonds is 4. The SMILES string of the molecule is COc1ccc(/C=C/C(=O)c2ccc(C#N)cc2)cc1Br. The fraction of sp³-hybridized carbons (Fsp3) is 0.0588. The predicted octanol–water partition coefficient (Wildman–Crippen LogP) is 4.23. The lowest BCUT2D eigenvalue weighted by Gasteiger charge is -2.03. The molecule has 0 spiro atoms. The number of halogens is 1. The molecule has 3 nitrogen and oxygen atoms in total. The number of ketones is 1. The Morgan fingerprint density at radius 3 is 2.52 bits per heavy atom. The van der Waals surface area contributed by atoms with Gasteiger partial charge in [-0.3, -0.25) is 4.79 Å². The van der Waals surface area contributed by atoms with Crippen molar-refractivity contribution in [3.05, 3.63) is 69.7 Å². The summed E-state index contributed by atoms with van der Waals surface area (Å²) in [6.45, 7) is 0. The molecule has 0 saturated carbocycles. The highest BCUT2D eigenvalue weighted by Gasteiger charge is 2.03. The molecule has 0 aliphatic heterocycles. The molecule has 0 unspecified atom stereocenters. The van der Waals surface area contributed by atoms with Gasteiger partial charge in [0.2, 0.25) is 0 Å². The number of carbonyl (C=O) groups is 1. The van der Waals surface area contributed by atoms with Crippen molar-refractivity contribution in [3.63, 3.8) is 0 Å². The summed E-state index contributed by atoms with van der Waals surface area (Å²) >= 11 is 3.40. The van der Waals surface area contributed by atoms with E-state index < -0.39 is 0 Å². The Morgan fingerprint density at radius 2 is 1.95 bits per heavy atom. The summed E-state index contributed by atoms with van der Waals surface area (Å²) in [6, 6.07) is 14.2. The maximum absolute atomic E-state index is 12.0. The molecular weight excluding hydrogens is 330 g/mol. The molecule has 4 heteroatoms. The van der Waals surface area contributed by atoms with Crippen LogP contribution in [0.15, 0.2) is 53.0 Å². The molecular formula is C17H12BrNO2. The van der Waals surface area contributed by atoms with Gasteiger partial charge in [0.15, 0.2) is 5.78 Å². The van der Waals surface area contributed by atoms with Crippen molar-refractivity contribution in [1.82, 2.24) is 0 Å². The number of nitrogens with zero attached hydrogens (tertiary/aromatic N) is 1. The van der Waals surface area contributed by atoms with Crippen LogP contribution in [0, 0.1) is 11.3 Å². The molecule has 104 valence electrons. The van der Waals surface area contributed by atoms with Gasteiger partial charge < -0.3 is 4.74 Å². The van der Waals surface area contributed by atoms with Crippen LogP contribution in [0.25, 0.3) is 6.08 Å². The van der Waals surface area contributed by atoms with E-state index in [1.165, 1.54) is 6.08 Å². The minimum absolute atomic E-state index is 0.105. The minimum Gasteiger partial charge on any atom is -0.496 e. The largest absolute Gasteiger partial charge is 0.496 e. The van der Waals surface area contributed by atoms with Crippen LogP contribution in [-0.4, -0.2) is 12.9 Å². The molecule has 0 radical (unpaired) electrons. The van der Waals surface area contributed by atoms with Crippen molar-refractivity contribution >= 4 is 27.8 Å². The first-order chi connectivity index (χ1) is 10.1. The van der Waals surface area contributed by atoms with Crippen LogP contribution < -0.4 is 4.74 Å². The zero-order chi connectivity index (χ0) is 15.2. The Labute approximate surface area is 131 Å². The van der Waals surface area contributed by atoms with Crippen LogP contribution >= 0.6 is 15.9 Å². The van der Waals surface area contributed by atoms with Crippen molar-refractivity contribution in [3.8, 4) is 11.8 Å². The molecule has 0 saturated heterocycles. The van der Waals surface area contributed by atoms with E-state index >= 15 is 0 Å². The number of nitriles is 1. The first kappa shape index (κ1) is 15.0. The molecule has 2 rings (SSSR count). The number of allylic oxidation sites excluding steroid dienone is 1. The molecule has 21 heavy (non-hydrogen) atoms. The fourth-order valence-corrected chi connectivity index (χ4v) is 2.32. The van der Waals surface area contributed by atoms with Gasteiger partial charge in [0.05, 0.1) is 23.2 Å². The average Bonchev–Trinajstić information content (AvgIpc) is 2.52. The van der Waals surface area contributed by atoms with Gasteiger partial charge in [-0.15, -0.1) is 0 Å². The van der Waals surface area contributed by atoms with Gasteiger partial charge in [0.25, 0.3) is 0 Å². The van der Waals surface area contributed by atoms with Gasteiger partial charge in [0.1, 0.15) is 5.75 Å². The number of hydrogen-bond donors (Lipinski definition) is 0. The summed E-state index contributed by atoms with van der Waals surface area (Å²) in [7, 11) is 1.60. The molecule has 0 atom stereocenters. The summed E-state index contributed by atoms with van der Waals surface area (Å²) in [4.78, 5) is 12.0. The van der Waals surface area contributed by atoms with Crippen molar-refractivity contribution in [1.29, 1.82) is 5.26 Å². The second-order valence-corrected chi connectivity index (χ2v) is 5.14. The van der Waals surface area contributed by atoms with Crippen molar-refractivity contribution in [2.75, 3.05) is 7.11 Å². The minimum atomic E-state index is -0.105. The van der Waals surface area contributed by atoms with E-state index in [0.29, 0.717) is 11.1 Å². The Hall–Kier alpha value is -2.38. The van der Waals surface area contributed by atoms with Gasteiger partial charge in [-0.2, -0.15) is 5.26 Å². The van der Waals surface area contributed by atoms with Crippen LogP contribution in [0.1, 0.15) is 21.5 Å². The molecule has 0 fully saturated rings. The standard InChI is InChI=1S/C17H12BrNO2/c1-21-17-9-5-12(10-15(17)18)4-8-16(20)14-6-2-13(11-19)3-7-14/h2-10H,1H3/b8-4+. The molecule has 2 aromatic carbocycles. The van der Waals surface area contributed by atoms with Crippen LogP contribution in [0.2, 0.25) is 0 Å². The van der Waals surface area contributed by atoms with Gasteiger partial charge >= 0.3 is 0 Å². The molecule has 0 N–H and O–H groups in total. The third-order valence-corrected chi connectivity index (χ3v) is 3.52. The Balaban J connectivity index is 2.14. The second kappa shape index (κ2) is 6.87. The smallest absolute Gasteiger partial charge is 0.185 e. The molecule has 0 bridgehead atoms. The summed E-state index contributed by atoms with van der Waals surface area (Å²) in [5.41, 5.74) is 1.98. The normalized spacial score (nSPS) is 10.3. The molecule has 0 aromatic heterocycles. The number of hydrogen-bond acceptors (Lipinski definition) is 3. The van der Waals surface area contributed by atoms with Crippen LogP contribution in [0.5, 0.6) is 5.75 Å². The lowest BCUT2D eigenvalue weighted by Crippen LogP contribution is -1.93. The van der Waals surface area contributed by atoms with Gasteiger partial charge in [-0.05, 0) is 64.0 Å². The van der Waals surface area contributed by atoms with E-state index in [-0.39, 0.29) is 5.78 Å². The Morgan fingerprint density at radius 1 is 1.24 bits per heavy atom. The van der Waals surface area contributed by atoms with Crippen LogP contribution in [-0.2, 0) is 0 Å². The zero-order valence-corrected chi connectivity index (χ0v) is 12.9. The maximum atomic E-state index is 12.0. The summed E-state index contributed by atoms with van der Waals surface area (Å²) in [6.07, 6.45) is 3.25. The van der Waals surface area contributed by atoms with E-state index in [0.717, 1.165) is 15.8 Å². The lowest BCUT2D eigenvalue weighted by atomic mass is 10.1. The number of ether oxygens (including phenoxy) is 1. The summed E-state index contributed by atoms with van der Waals surface area (Å²) in [5, 5.41) is 8.72. The third kappa shape index (κ3) is 3.80. The Bertz CT molecular complexity index is 727. The molecule has 0 aliphatic rings. The Kier molecular flexibility index (Phi) is 4.91. The number of benzene rings is 2. The lowest BCUT2D eigenvalue weighted by molar-refractivity contribution is 0.104. The third-order valence-electron chi connectivity index (χ3n) is 2.90. The summed E-state index contributed by atoms with van der Waals surface area (Å²) < 4.78 is 5.98. The van der Waals surface area contributed by atoms with Gasteiger partial charge in [-0.25, -0.2) is 0 Å². The molecule has 0 heterocycles. The highest BCUT2D eigenvalue weighted by molar-refractivity contribution is 9.10. The number of methoxy groups -OCH3 is 1. The summed E-state index contributed by atoms with van der Waals surface area (Å²) in [5.74, 6) is 0.636. The maximum Gasteiger partial charge on any atom is 0.185 e.